The van der Waals surface area contributed by atoms with E-state index in [-0.39, 0.29) is 29.6 Å². The number of hydrogen-bond acceptors (Lipinski definition) is 5. The molecule has 2 aliphatic rings. The highest BCUT2D eigenvalue weighted by Gasteiger charge is 2.31. The van der Waals surface area contributed by atoms with Crippen LogP contribution in [-0.4, -0.2) is 52.6 Å². The lowest BCUT2D eigenvalue weighted by molar-refractivity contribution is 0.0951. The molecule has 2 aromatic carbocycles. The first-order chi connectivity index (χ1) is 16.9. The Labute approximate surface area is 204 Å². The normalized spacial score (nSPS) is 16.8. The minimum Gasteiger partial charge on any atom is -0.350 e. The van der Waals surface area contributed by atoms with Crippen LogP contribution in [0.4, 0.5) is 0 Å². The quantitative estimate of drug-likeness (QED) is 0.517. The van der Waals surface area contributed by atoms with E-state index >= 15 is 0 Å². The van der Waals surface area contributed by atoms with Crippen LogP contribution in [-0.2, 0) is 16.6 Å². The first kappa shape index (κ1) is 23.5. The molecule has 0 atom stereocenters. The van der Waals surface area contributed by atoms with Crippen LogP contribution in [0.15, 0.2) is 64.3 Å². The second-order valence-corrected chi connectivity index (χ2v) is 11.0. The van der Waals surface area contributed by atoms with E-state index in [2.05, 4.69) is 10.4 Å². The summed E-state index contributed by atoms with van der Waals surface area (Å²) in [4.78, 5) is 25.8. The molecule has 1 aliphatic heterocycles. The zero-order valence-electron chi connectivity index (χ0n) is 19.5. The van der Waals surface area contributed by atoms with Gasteiger partial charge >= 0.3 is 5.69 Å². The predicted octanol–water partition coefficient (Wildman–Crippen LogP) is 2.52. The highest BCUT2D eigenvalue weighted by Crippen LogP contribution is 2.39. The van der Waals surface area contributed by atoms with Gasteiger partial charge in [0.1, 0.15) is 5.82 Å². The number of hydrogen-bond donors (Lipinski definition) is 1. The molecule has 184 valence electrons. The number of amides is 1. The van der Waals surface area contributed by atoms with E-state index in [0.29, 0.717) is 24.6 Å². The number of piperidine rings is 1. The lowest BCUT2D eigenvalue weighted by Crippen LogP contribution is -2.35. The second kappa shape index (κ2) is 9.79. The number of carbonyl (C=O) groups excluding carboxylic acids is 1. The molecule has 1 saturated carbocycles. The van der Waals surface area contributed by atoms with Crippen LogP contribution in [0, 0.1) is 0 Å². The molecule has 10 heteroatoms. The summed E-state index contributed by atoms with van der Waals surface area (Å²) in [6, 6.07) is 15.5. The highest BCUT2D eigenvalue weighted by molar-refractivity contribution is 7.89. The Morgan fingerprint density at radius 3 is 2.31 bits per heavy atom. The predicted molar refractivity (Wildman–Crippen MR) is 131 cm³/mol. The Morgan fingerprint density at radius 2 is 1.66 bits per heavy atom. The number of carbonyl (C=O) groups is 1. The van der Waals surface area contributed by atoms with Gasteiger partial charge in [0.05, 0.1) is 17.1 Å². The van der Waals surface area contributed by atoms with E-state index in [1.807, 2.05) is 30.3 Å². The van der Waals surface area contributed by atoms with Gasteiger partial charge in [-0.2, -0.15) is 9.40 Å². The number of sulfonamides is 1. The molecule has 1 N–H and O–H groups in total. The molecule has 0 bridgehead atoms. The summed E-state index contributed by atoms with van der Waals surface area (Å²) < 4.78 is 30.2. The lowest BCUT2D eigenvalue weighted by atomic mass is 10.2. The van der Waals surface area contributed by atoms with Crippen molar-refractivity contribution in [1.82, 2.24) is 24.0 Å². The zero-order valence-corrected chi connectivity index (χ0v) is 20.3. The Balaban J connectivity index is 1.23. The maximum Gasteiger partial charge on any atom is 0.350 e. The maximum atomic E-state index is 13.0. The molecular formula is C25H29N5O4S. The maximum absolute atomic E-state index is 13.0. The molecule has 1 aliphatic carbocycles. The van der Waals surface area contributed by atoms with E-state index < -0.39 is 10.0 Å². The molecule has 2 heterocycles. The molecular weight excluding hydrogens is 466 g/mol. The van der Waals surface area contributed by atoms with Crippen molar-refractivity contribution in [2.45, 2.75) is 49.5 Å². The fraction of sp³-hybridized carbons (Fsp3) is 0.400. The standard InChI is InChI=1S/C25H29N5O4S/c31-24(20-11-13-22(14-12-20)35(33,34)28-16-5-2-6-17-28)26-15-18-29-25(32)30(21-7-3-1-4-8-21)23(27-29)19-9-10-19/h1,3-4,7-8,11-14,19H,2,5-6,9-10,15-18H2,(H,26,31). The molecule has 1 aromatic heterocycles. The first-order valence-electron chi connectivity index (χ1n) is 12.1. The van der Waals surface area contributed by atoms with E-state index in [1.165, 1.54) is 33.3 Å². The summed E-state index contributed by atoms with van der Waals surface area (Å²) in [7, 11) is -3.54. The summed E-state index contributed by atoms with van der Waals surface area (Å²) in [6.07, 6.45) is 4.82. The van der Waals surface area contributed by atoms with Crippen molar-refractivity contribution in [3.63, 3.8) is 0 Å². The van der Waals surface area contributed by atoms with Gasteiger partial charge in [-0.15, -0.1) is 0 Å². The topological polar surface area (TPSA) is 106 Å². The SMILES string of the molecule is O=C(NCCn1nc(C2CC2)n(-c2ccccc2)c1=O)c1ccc(S(=O)(=O)N2CCCCC2)cc1. The molecule has 5 rings (SSSR count). The number of para-hydroxylation sites is 1. The Kier molecular flexibility index (Phi) is 6.57. The average molecular weight is 496 g/mol. The van der Waals surface area contributed by atoms with Gasteiger partial charge in [-0.1, -0.05) is 24.6 Å². The summed E-state index contributed by atoms with van der Waals surface area (Å²) >= 11 is 0. The van der Waals surface area contributed by atoms with E-state index in [0.717, 1.165) is 43.6 Å². The Morgan fingerprint density at radius 1 is 0.971 bits per heavy atom. The summed E-state index contributed by atoms with van der Waals surface area (Å²) in [5.74, 6) is 0.724. The van der Waals surface area contributed by atoms with Crippen molar-refractivity contribution >= 4 is 15.9 Å². The molecule has 2 fully saturated rings. The van der Waals surface area contributed by atoms with Crippen molar-refractivity contribution in [1.29, 1.82) is 0 Å². The first-order valence-corrected chi connectivity index (χ1v) is 13.5. The van der Waals surface area contributed by atoms with Crippen molar-refractivity contribution in [3.05, 3.63) is 76.5 Å². The number of benzene rings is 2. The van der Waals surface area contributed by atoms with Crippen LogP contribution in [0.25, 0.3) is 5.69 Å². The highest BCUT2D eigenvalue weighted by atomic mass is 32.2. The summed E-state index contributed by atoms with van der Waals surface area (Å²) in [5.41, 5.74) is 0.928. The molecule has 0 radical (unpaired) electrons. The summed E-state index contributed by atoms with van der Waals surface area (Å²) in [5, 5.41) is 7.35. The monoisotopic (exact) mass is 495 g/mol. The smallest absolute Gasteiger partial charge is 0.350 e. The number of aromatic nitrogens is 3. The van der Waals surface area contributed by atoms with Gasteiger partial charge in [-0.25, -0.2) is 22.5 Å². The summed E-state index contributed by atoms with van der Waals surface area (Å²) in [6.45, 7) is 1.53. The van der Waals surface area contributed by atoms with Crippen molar-refractivity contribution < 1.29 is 13.2 Å². The van der Waals surface area contributed by atoms with Crippen LogP contribution < -0.4 is 11.0 Å². The number of rotatable bonds is 8. The van der Waals surface area contributed by atoms with Gasteiger partial charge in [-0.05, 0) is 62.1 Å². The van der Waals surface area contributed by atoms with Crippen LogP contribution in [0.2, 0.25) is 0 Å². The third-order valence-corrected chi connectivity index (χ3v) is 8.41. The molecule has 0 unspecified atom stereocenters. The third kappa shape index (κ3) is 4.94. The molecule has 1 saturated heterocycles. The van der Waals surface area contributed by atoms with Crippen LogP contribution in [0.3, 0.4) is 0 Å². The lowest BCUT2D eigenvalue weighted by Gasteiger charge is -2.25. The van der Waals surface area contributed by atoms with Crippen LogP contribution >= 0.6 is 0 Å². The van der Waals surface area contributed by atoms with E-state index in [9.17, 15) is 18.0 Å². The van der Waals surface area contributed by atoms with Gasteiger partial charge in [0, 0.05) is 31.1 Å². The van der Waals surface area contributed by atoms with Crippen molar-refractivity contribution in [2.24, 2.45) is 0 Å². The van der Waals surface area contributed by atoms with E-state index in [1.54, 1.807) is 4.57 Å². The third-order valence-electron chi connectivity index (χ3n) is 6.50. The van der Waals surface area contributed by atoms with Crippen molar-refractivity contribution in [2.75, 3.05) is 19.6 Å². The van der Waals surface area contributed by atoms with Crippen LogP contribution in [0.5, 0.6) is 0 Å². The molecule has 0 spiro atoms. The zero-order chi connectivity index (χ0) is 24.4. The van der Waals surface area contributed by atoms with Gasteiger partial charge < -0.3 is 5.32 Å². The Hall–Kier alpha value is -3.24. The van der Waals surface area contributed by atoms with Gasteiger partial charge in [0.2, 0.25) is 10.0 Å². The molecule has 9 nitrogen and oxygen atoms in total. The minimum absolute atomic E-state index is 0.196. The van der Waals surface area contributed by atoms with Gasteiger partial charge in [0.25, 0.3) is 5.91 Å². The van der Waals surface area contributed by atoms with Crippen LogP contribution in [0.1, 0.15) is 54.2 Å². The van der Waals surface area contributed by atoms with Gasteiger partial charge in [-0.3, -0.25) is 4.79 Å². The minimum atomic E-state index is -3.54. The van der Waals surface area contributed by atoms with E-state index in [4.69, 9.17) is 0 Å². The average Bonchev–Trinajstić information content (AvgIpc) is 3.69. The van der Waals surface area contributed by atoms with Gasteiger partial charge in [0.15, 0.2) is 0 Å². The largest absolute Gasteiger partial charge is 0.350 e. The fourth-order valence-electron chi connectivity index (χ4n) is 4.41. The molecule has 35 heavy (non-hydrogen) atoms. The van der Waals surface area contributed by atoms with Crippen molar-refractivity contribution in [3.8, 4) is 5.69 Å². The fourth-order valence-corrected chi connectivity index (χ4v) is 5.92. The number of nitrogens with zero attached hydrogens (tertiary/aromatic N) is 4. The molecule has 1 amide bonds. The molecule has 3 aromatic rings. The number of nitrogens with one attached hydrogen (secondary N) is 1. The second-order valence-electron chi connectivity index (χ2n) is 9.05. The Bertz CT molecular complexity index is 1350.